The molecule has 0 bridgehead atoms. The molecule has 0 saturated carbocycles. The van der Waals surface area contributed by atoms with Gasteiger partial charge in [0.15, 0.2) is 0 Å². The molecule has 1 aromatic carbocycles. The fourth-order valence-electron chi connectivity index (χ4n) is 1.96. The van der Waals surface area contributed by atoms with Crippen LogP contribution >= 0.6 is 0 Å². The van der Waals surface area contributed by atoms with Gasteiger partial charge in [-0.3, -0.25) is 15.6 Å². The minimum atomic E-state index is -0.228. The summed E-state index contributed by atoms with van der Waals surface area (Å²) in [5, 5.41) is 2.85. The van der Waals surface area contributed by atoms with Crippen molar-refractivity contribution < 1.29 is 4.79 Å². The summed E-state index contributed by atoms with van der Waals surface area (Å²) in [7, 11) is 0. The van der Waals surface area contributed by atoms with Crippen molar-refractivity contribution in [2.24, 2.45) is 5.84 Å². The van der Waals surface area contributed by atoms with Gasteiger partial charge >= 0.3 is 0 Å². The van der Waals surface area contributed by atoms with E-state index >= 15 is 0 Å². The molecule has 5 nitrogen and oxygen atoms in total. The van der Waals surface area contributed by atoms with Crippen LogP contribution in [-0.2, 0) is 5.41 Å². The zero-order valence-electron chi connectivity index (χ0n) is 12.5. The zero-order valence-corrected chi connectivity index (χ0v) is 12.5. The van der Waals surface area contributed by atoms with Crippen LogP contribution in [0.15, 0.2) is 42.7 Å². The molecule has 4 N–H and O–H groups in total. The number of nitrogens with two attached hydrogens (primary N) is 1. The summed E-state index contributed by atoms with van der Waals surface area (Å²) < 4.78 is 0. The van der Waals surface area contributed by atoms with Crippen molar-refractivity contribution in [3.05, 3.63) is 53.9 Å². The van der Waals surface area contributed by atoms with E-state index in [1.54, 1.807) is 12.3 Å². The number of rotatable bonds is 3. The third kappa shape index (κ3) is 3.58. The van der Waals surface area contributed by atoms with Crippen LogP contribution < -0.4 is 16.6 Å². The van der Waals surface area contributed by atoms with Gasteiger partial charge in [0.05, 0.1) is 17.4 Å². The molecule has 2 rings (SSSR count). The average molecular weight is 284 g/mol. The number of hydrogen-bond acceptors (Lipinski definition) is 4. The van der Waals surface area contributed by atoms with Crippen LogP contribution in [0.2, 0.25) is 0 Å². The molecule has 1 amide bonds. The summed E-state index contributed by atoms with van der Waals surface area (Å²) in [6, 6.07) is 9.45. The van der Waals surface area contributed by atoms with Crippen molar-refractivity contribution in [1.29, 1.82) is 0 Å². The number of anilines is 2. The molecule has 110 valence electrons. The van der Waals surface area contributed by atoms with Crippen LogP contribution in [-0.4, -0.2) is 10.9 Å². The Morgan fingerprint density at radius 1 is 1.14 bits per heavy atom. The maximum atomic E-state index is 12.2. The molecule has 0 unspecified atom stereocenters. The van der Waals surface area contributed by atoms with E-state index in [0.29, 0.717) is 11.3 Å². The Morgan fingerprint density at radius 3 is 2.38 bits per heavy atom. The third-order valence-corrected chi connectivity index (χ3v) is 3.23. The van der Waals surface area contributed by atoms with E-state index in [1.165, 1.54) is 11.8 Å². The monoisotopic (exact) mass is 284 g/mol. The van der Waals surface area contributed by atoms with Crippen LogP contribution in [0.1, 0.15) is 36.7 Å². The van der Waals surface area contributed by atoms with E-state index in [9.17, 15) is 4.79 Å². The lowest BCUT2D eigenvalue weighted by Gasteiger charge is -2.19. The van der Waals surface area contributed by atoms with Gasteiger partial charge in [0, 0.05) is 11.9 Å². The SMILES string of the molecule is CC(C)(C)c1ccc(NC(=O)c2ccncc2NN)cc1. The summed E-state index contributed by atoms with van der Waals surface area (Å²) in [6.45, 7) is 6.45. The number of nitrogens with zero attached hydrogens (tertiary/aromatic N) is 1. The highest BCUT2D eigenvalue weighted by Crippen LogP contribution is 2.24. The highest BCUT2D eigenvalue weighted by molar-refractivity contribution is 6.07. The largest absolute Gasteiger partial charge is 0.322 e. The van der Waals surface area contributed by atoms with Crippen molar-refractivity contribution in [2.75, 3.05) is 10.7 Å². The van der Waals surface area contributed by atoms with Crippen LogP contribution in [0.4, 0.5) is 11.4 Å². The van der Waals surface area contributed by atoms with E-state index in [-0.39, 0.29) is 11.3 Å². The third-order valence-electron chi connectivity index (χ3n) is 3.23. The smallest absolute Gasteiger partial charge is 0.257 e. The van der Waals surface area contributed by atoms with Crippen LogP contribution in [0, 0.1) is 0 Å². The minimum absolute atomic E-state index is 0.0876. The molecule has 0 aliphatic heterocycles. The van der Waals surface area contributed by atoms with Crippen molar-refractivity contribution >= 4 is 17.3 Å². The molecular formula is C16H20N4O. The Morgan fingerprint density at radius 2 is 1.81 bits per heavy atom. The van der Waals surface area contributed by atoms with Crippen molar-refractivity contribution in [2.45, 2.75) is 26.2 Å². The predicted octanol–water partition coefficient (Wildman–Crippen LogP) is 2.92. The lowest BCUT2D eigenvalue weighted by atomic mass is 9.87. The number of nitrogens with one attached hydrogen (secondary N) is 2. The molecule has 1 aromatic heterocycles. The first-order chi connectivity index (χ1) is 9.91. The highest BCUT2D eigenvalue weighted by atomic mass is 16.1. The van der Waals surface area contributed by atoms with Gasteiger partial charge in [-0.05, 0) is 29.2 Å². The molecule has 2 aromatic rings. The fraction of sp³-hybridized carbons (Fsp3) is 0.250. The first-order valence-corrected chi connectivity index (χ1v) is 6.74. The first-order valence-electron chi connectivity index (χ1n) is 6.74. The Balaban J connectivity index is 2.16. The number of carbonyl (C=O) groups is 1. The van der Waals surface area contributed by atoms with Gasteiger partial charge in [-0.25, -0.2) is 0 Å². The summed E-state index contributed by atoms with van der Waals surface area (Å²) >= 11 is 0. The number of amides is 1. The molecule has 1 heterocycles. The van der Waals surface area contributed by atoms with E-state index in [1.807, 2.05) is 24.3 Å². The van der Waals surface area contributed by atoms with Crippen molar-refractivity contribution in [3.8, 4) is 0 Å². The first kappa shape index (κ1) is 15.0. The van der Waals surface area contributed by atoms with E-state index in [0.717, 1.165) is 5.69 Å². The summed E-state index contributed by atoms with van der Waals surface area (Å²) in [5.74, 6) is 5.15. The Bertz CT molecular complexity index is 629. The van der Waals surface area contributed by atoms with Crippen LogP contribution in [0.3, 0.4) is 0 Å². The maximum Gasteiger partial charge on any atom is 0.257 e. The Hall–Kier alpha value is -2.40. The van der Waals surface area contributed by atoms with Crippen molar-refractivity contribution in [1.82, 2.24) is 4.98 Å². The number of aromatic nitrogens is 1. The summed E-state index contributed by atoms with van der Waals surface area (Å²) in [5.41, 5.74) is 5.45. The van der Waals surface area contributed by atoms with Gasteiger partial charge in [-0.1, -0.05) is 32.9 Å². The quantitative estimate of drug-likeness (QED) is 0.598. The molecule has 0 aliphatic rings. The number of carbonyl (C=O) groups excluding carboxylic acids is 1. The maximum absolute atomic E-state index is 12.2. The number of hydrogen-bond donors (Lipinski definition) is 3. The van der Waals surface area contributed by atoms with Gasteiger partial charge < -0.3 is 10.7 Å². The van der Waals surface area contributed by atoms with Crippen molar-refractivity contribution in [3.63, 3.8) is 0 Å². The second-order valence-corrected chi connectivity index (χ2v) is 5.85. The molecule has 0 atom stereocenters. The molecule has 0 radical (unpaired) electrons. The van der Waals surface area contributed by atoms with E-state index in [4.69, 9.17) is 5.84 Å². The number of nitrogen functional groups attached to an aromatic ring is 1. The summed E-state index contributed by atoms with van der Waals surface area (Å²) in [6.07, 6.45) is 3.07. The van der Waals surface area contributed by atoms with E-state index < -0.39 is 0 Å². The second-order valence-electron chi connectivity index (χ2n) is 5.85. The molecule has 21 heavy (non-hydrogen) atoms. The second kappa shape index (κ2) is 5.93. The number of hydrazine groups is 1. The lowest BCUT2D eigenvalue weighted by molar-refractivity contribution is 0.102. The normalized spacial score (nSPS) is 11.0. The number of pyridine rings is 1. The van der Waals surface area contributed by atoms with Crippen LogP contribution in [0.25, 0.3) is 0 Å². The van der Waals surface area contributed by atoms with Gasteiger partial charge in [-0.2, -0.15) is 0 Å². The molecular weight excluding hydrogens is 264 g/mol. The standard InChI is InChI=1S/C16H20N4O/c1-16(2,3)11-4-6-12(7-5-11)19-15(21)13-8-9-18-10-14(13)20-17/h4-10,20H,17H2,1-3H3,(H,19,21). The molecule has 0 saturated heterocycles. The molecule has 5 heteroatoms. The molecule has 0 fully saturated rings. The minimum Gasteiger partial charge on any atom is -0.322 e. The Labute approximate surface area is 124 Å². The van der Waals surface area contributed by atoms with Gasteiger partial charge in [0.25, 0.3) is 5.91 Å². The van der Waals surface area contributed by atoms with Crippen LogP contribution in [0.5, 0.6) is 0 Å². The van der Waals surface area contributed by atoms with E-state index in [2.05, 4.69) is 36.5 Å². The topological polar surface area (TPSA) is 80.0 Å². The van der Waals surface area contributed by atoms with Gasteiger partial charge in [0.1, 0.15) is 0 Å². The number of benzene rings is 1. The molecule has 0 aliphatic carbocycles. The fourth-order valence-corrected chi connectivity index (χ4v) is 1.96. The highest BCUT2D eigenvalue weighted by Gasteiger charge is 2.14. The van der Waals surface area contributed by atoms with Gasteiger partial charge in [-0.15, -0.1) is 0 Å². The Kier molecular flexibility index (Phi) is 4.23. The van der Waals surface area contributed by atoms with Gasteiger partial charge in [0.2, 0.25) is 0 Å². The lowest BCUT2D eigenvalue weighted by Crippen LogP contribution is -2.17. The zero-order chi connectivity index (χ0) is 15.5. The summed E-state index contributed by atoms with van der Waals surface area (Å²) in [4.78, 5) is 16.2. The average Bonchev–Trinajstić information content (AvgIpc) is 2.46. The molecule has 0 spiro atoms. The predicted molar refractivity (Wildman–Crippen MR) is 85.1 cm³/mol.